The molecule has 1 aromatic rings. The van der Waals surface area contributed by atoms with Crippen LogP contribution in [0, 0.1) is 12.8 Å². The third-order valence-electron chi connectivity index (χ3n) is 3.62. The Hall–Kier alpha value is -1.10. The van der Waals surface area contributed by atoms with Gasteiger partial charge in [0.1, 0.15) is 0 Å². The molecule has 96 valence electrons. The summed E-state index contributed by atoms with van der Waals surface area (Å²) in [6.07, 6.45) is 7.64. The molecular formula is C13H18N4S. The highest BCUT2D eigenvalue weighted by Gasteiger charge is 2.31. The first-order valence-electron chi connectivity index (χ1n) is 6.52. The number of aryl methyl sites for hydroxylation is 1. The van der Waals surface area contributed by atoms with Crippen LogP contribution in [0.3, 0.4) is 0 Å². The zero-order valence-electron chi connectivity index (χ0n) is 10.6. The minimum Gasteiger partial charge on any atom is -0.362 e. The van der Waals surface area contributed by atoms with Crippen molar-refractivity contribution in [3.05, 3.63) is 23.8 Å². The zero-order valence-corrected chi connectivity index (χ0v) is 11.4. The molecule has 2 aliphatic rings. The van der Waals surface area contributed by atoms with Crippen LogP contribution >= 0.6 is 11.8 Å². The maximum Gasteiger partial charge on any atom is 0.157 e. The van der Waals surface area contributed by atoms with Gasteiger partial charge in [0.05, 0.1) is 24.1 Å². The van der Waals surface area contributed by atoms with Crippen molar-refractivity contribution in [2.45, 2.75) is 38.8 Å². The fourth-order valence-corrected chi connectivity index (χ4v) is 3.72. The van der Waals surface area contributed by atoms with Gasteiger partial charge in [-0.15, -0.1) is 0 Å². The van der Waals surface area contributed by atoms with E-state index in [0.29, 0.717) is 12.6 Å². The predicted molar refractivity (Wildman–Crippen MR) is 74.6 cm³/mol. The Labute approximate surface area is 112 Å². The van der Waals surface area contributed by atoms with Crippen molar-refractivity contribution < 1.29 is 0 Å². The third kappa shape index (κ3) is 2.66. The van der Waals surface area contributed by atoms with Crippen molar-refractivity contribution in [2.24, 2.45) is 10.9 Å². The van der Waals surface area contributed by atoms with Crippen molar-refractivity contribution in [3.63, 3.8) is 0 Å². The molecule has 0 aromatic carbocycles. The van der Waals surface area contributed by atoms with Crippen LogP contribution in [0.15, 0.2) is 17.4 Å². The third-order valence-corrected chi connectivity index (χ3v) is 4.74. The highest BCUT2D eigenvalue weighted by atomic mass is 32.2. The largest absolute Gasteiger partial charge is 0.362 e. The van der Waals surface area contributed by atoms with Gasteiger partial charge in [0.15, 0.2) is 5.17 Å². The zero-order chi connectivity index (χ0) is 12.4. The lowest BCUT2D eigenvalue weighted by Gasteiger charge is -2.27. The van der Waals surface area contributed by atoms with E-state index in [1.54, 1.807) is 6.20 Å². The van der Waals surface area contributed by atoms with Crippen LogP contribution in [0.1, 0.15) is 30.7 Å². The lowest BCUT2D eigenvalue weighted by molar-refractivity contribution is 0.489. The summed E-state index contributed by atoms with van der Waals surface area (Å²) in [6, 6.07) is 0.661. The van der Waals surface area contributed by atoms with Gasteiger partial charge in [0.25, 0.3) is 0 Å². The second-order valence-corrected chi connectivity index (χ2v) is 6.03. The standard InChI is InChI=1S/C13H18N4S/c1-9-5-15-11(6-14-9)7-16-13-17-12-4-2-3-10(12)8-18-13/h5-6,10,12H,2-4,7-8H2,1H3,(H,16,17). The number of hydrogen-bond acceptors (Lipinski definition) is 4. The molecule has 0 amide bonds. The normalized spacial score (nSPS) is 29.1. The van der Waals surface area contributed by atoms with E-state index in [9.17, 15) is 0 Å². The van der Waals surface area contributed by atoms with E-state index in [1.807, 2.05) is 24.9 Å². The summed E-state index contributed by atoms with van der Waals surface area (Å²) >= 11 is 1.85. The van der Waals surface area contributed by atoms with E-state index in [-0.39, 0.29) is 0 Å². The number of nitrogens with one attached hydrogen (secondary N) is 1. The number of aliphatic imine (C=N–C) groups is 1. The molecule has 0 bridgehead atoms. The number of nitrogens with zero attached hydrogens (tertiary/aromatic N) is 3. The molecule has 2 atom stereocenters. The number of hydrogen-bond donors (Lipinski definition) is 1. The Bertz CT molecular complexity index is 443. The number of fused-ring (bicyclic) bond motifs is 1. The van der Waals surface area contributed by atoms with Gasteiger partial charge in [-0.25, -0.2) is 0 Å². The van der Waals surface area contributed by atoms with E-state index in [1.165, 1.54) is 25.0 Å². The van der Waals surface area contributed by atoms with Crippen LogP contribution < -0.4 is 5.32 Å². The first kappa shape index (κ1) is 12.0. The van der Waals surface area contributed by atoms with Crippen LogP contribution in [0.4, 0.5) is 0 Å². The van der Waals surface area contributed by atoms with E-state index in [4.69, 9.17) is 0 Å². The lowest BCUT2D eigenvalue weighted by Crippen LogP contribution is -2.41. The molecule has 2 unspecified atom stereocenters. The van der Waals surface area contributed by atoms with Gasteiger partial charge in [0, 0.05) is 18.0 Å². The Morgan fingerprint density at radius 1 is 1.39 bits per heavy atom. The van der Waals surface area contributed by atoms with Gasteiger partial charge in [-0.05, 0) is 25.7 Å². The smallest absolute Gasteiger partial charge is 0.157 e. The van der Waals surface area contributed by atoms with Crippen LogP contribution in [0.2, 0.25) is 0 Å². The van der Waals surface area contributed by atoms with Crippen molar-refractivity contribution in [1.82, 2.24) is 15.3 Å². The summed E-state index contributed by atoms with van der Waals surface area (Å²) in [6.45, 7) is 2.57. The van der Waals surface area contributed by atoms with E-state index < -0.39 is 0 Å². The fourth-order valence-electron chi connectivity index (χ4n) is 2.56. The summed E-state index contributed by atoms with van der Waals surface area (Å²) in [4.78, 5) is 13.2. The van der Waals surface area contributed by atoms with Gasteiger partial charge in [-0.2, -0.15) is 0 Å². The number of rotatable bonds is 2. The average Bonchev–Trinajstić information content (AvgIpc) is 2.85. The Morgan fingerprint density at radius 2 is 2.33 bits per heavy atom. The minimum absolute atomic E-state index is 0.625. The van der Waals surface area contributed by atoms with E-state index in [2.05, 4.69) is 20.3 Å². The number of aromatic nitrogens is 2. The molecule has 3 rings (SSSR count). The maximum atomic E-state index is 4.61. The molecule has 1 N–H and O–H groups in total. The van der Waals surface area contributed by atoms with Gasteiger partial charge in [-0.1, -0.05) is 18.2 Å². The highest BCUT2D eigenvalue weighted by Crippen LogP contribution is 2.32. The second-order valence-electron chi connectivity index (χ2n) is 5.02. The Kier molecular flexibility index (Phi) is 3.50. The topological polar surface area (TPSA) is 50.2 Å². The Balaban J connectivity index is 1.61. The van der Waals surface area contributed by atoms with Crippen molar-refractivity contribution in [2.75, 3.05) is 5.75 Å². The first-order valence-corrected chi connectivity index (χ1v) is 7.51. The molecule has 5 heteroatoms. The number of amidine groups is 1. The van der Waals surface area contributed by atoms with Crippen LogP contribution in [-0.2, 0) is 6.54 Å². The van der Waals surface area contributed by atoms with Crippen molar-refractivity contribution in [3.8, 4) is 0 Å². The molecule has 1 saturated carbocycles. The van der Waals surface area contributed by atoms with Gasteiger partial charge < -0.3 is 5.32 Å². The molecule has 4 nitrogen and oxygen atoms in total. The quantitative estimate of drug-likeness (QED) is 0.887. The van der Waals surface area contributed by atoms with E-state index >= 15 is 0 Å². The van der Waals surface area contributed by atoms with Gasteiger partial charge >= 0.3 is 0 Å². The molecule has 0 radical (unpaired) electrons. The second kappa shape index (κ2) is 5.26. The van der Waals surface area contributed by atoms with Gasteiger partial charge in [-0.3, -0.25) is 15.0 Å². The average molecular weight is 262 g/mol. The first-order chi connectivity index (χ1) is 8.81. The van der Waals surface area contributed by atoms with Crippen molar-refractivity contribution >= 4 is 16.9 Å². The molecule has 1 saturated heterocycles. The SMILES string of the molecule is Cc1cnc(CN=C2NC3CCCC3CS2)cn1. The molecule has 2 heterocycles. The molecule has 1 aliphatic heterocycles. The van der Waals surface area contributed by atoms with Crippen LogP contribution in [0.25, 0.3) is 0 Å². The summed E-state index contributed by atoms with van der Waals surface area (Å²) < 4.78 is 0. The maximum absolute atomic E-state index is 4.61. The van der Waals surface area contributed by atoms with Crippen molar-refractivity contribution in [1.29, 1.82) is 0 Å². The molecular weight excluding hydrogens is 244 g/mol. The predicted octanol–water partition coefficient (Wildman–Crippen LogP) is 2.15. The lowest BCUT2D eigenvalue weighted by atomic mass is 10.1. The summed E-state index contributed by atoms with van der Waals surface area (Å²) in [5.41, 5.74) is 1.88. The summed E-state index contributed by atoms with van der Waals surface area (Å²) in [7, 11) is 0. The molecule has 18 heavy (non-hydrogen) atoms. The van der Waals surface area contributed by atoms with Crippen LogP contribution in [-0.4, -0.2) is 26.9 Å². The molecule has 2 fully saturated rings. The minimum atomic E-state index is 0.625. The van der Waals surface area contributed by atoms with Crippen LogP contribution in [0.5, 0.6) is 0 Å². The monoisotopic (exact) mass is 262 g/mol. The Morgan fingerprint density at radius 3 is 3.17 bits per heavy atom. The number of thioether (sulfide) groups is 1. The fraction of sp³-hybridized carbons (Fsp3) is 0.615. The summed E-state index contributed by atoms with van der Waals surface area (Å²) in [5.74, 6) is 2.07. The van der Waals surface area contributed by atoms with Gasteiger partial charge in [0.2, 0.25) is 0 Å². The molecule has 1 aromatic heterocycles. The van der Waals surface area contributed by atoms with E-state index in [0.717, 1.165) is 22.5 Å². The highest BCUT2D eigenvalue weighted by molar-refractivity contribution is 8.13. The summed E-state index contributed by atoms with van der Waals surface area (Å²) in [5, 5.41) is 4.65. The molecule has 1 aliphatic carbocycles. The molecule has 0 spiro atoms.